The second kappa shape index (κ2) is 4.27. The fourth-order valence-electron chi connectivity index (χ4n) is 0.955. The molecule has 1 rings (SSSR count). The molecule has 80 valence electrons. The van der Waals surface area contributed by atoms with Gasteiger partial charge in [0.15, 0.2) is 5.82 Å². The van der Waals surface area contributed by atoms with Gasteiger partial charge in [0, 0.05) is 0 Å². The Balaban J connectivity index is 2.99. The summed E-state index contributed by atoms with van der Waals surface area (Å²) in [6.45, 7) is 0. The molecule has 6 nitrogen and oxygen atoms in total. The van der Waals surface area contributed by atoms with Gasteiger partial charge in [0.1, 0.15) is 0 Å². The Morgan fingerprint density at radius 3 is 1.80 bits per heavy atom. The highest BCUT2D eigenvalue weighted by molar-refractivity contribution is 5.87. The first-order valence-corrected chi connectivity index (χ1v) is 3.79. The predicted molar refractivity (Wildman–Crippen MR) is 49.7 cm³/mol. The van der Waals surface area contributed by atoms with Gasteiger partial charge in [0.05, 0.1) is 11.4 Å². The average molecular weight is 214 g/mol. The van der Waals surface area contributed by atoms with Crippen molar-refractivity contribution < 1.29 is 24.2 Å². The van der Waals surface area contributed by atoms with Crippen LogP contribution in [-0.2, 0) is 0 Å². The van der Waals surface area contributed by atoms with Crippen LogP contribution in [0.1, 0.15) is 0 Å². The van der Waals surface area contributed by atoms with Gasteiger partial charge in [-0.25, -0.2) is 14.0 Å². The van der Waals surface area contributed by atoms with Crippen LogP contribution < -0.4 is 10.6 Å². The molecule has 0 spiro atoms. The normalized spacial score (nSPS) is 9.40. The average Bonchev–Trinajstić information content (AvgIpc) is 2.10. The summed E-state index contributed by atoms with van der Waals surface area (Å²) in [5.41, 5.74) is -0.623. The number of hydrogen-bond donors (Lipinski definition) is 4. The highest BCUT2D eigenvalue weighted by Gasteiger charge is 2.11. The molecule has 0 aliphatic carbocycles. The highest BCUT2D eigenvalue weighted by Crippen LogP contribution is 2.22. The number of rotatable bonds is 2. The van der Waals surface area contributed by atoms with Crippen molar-refractivity contribution in [1.29, 1.82) is 0 Å². The summed E-state index contributed by atoms with van der Waals surface area (Å²) in [5, 5.41) is 20.3. The molecule has 0 atom stereocenters. The molecule has 0 aliphatic heterocycles. The zero-order valence-corrected chi connectivity index (χ0v) is 7.32. The molecule has 15 heavy (non-hydrogen) atoms. The van der Waals surface area contributed by atoms with E-state index in [1.807, 2.05) is 0 Å². The molecule has 0 saturated carbocycles. The van der Waals surface area contributed by atoms with E-state index in [4.69, 9.17) is 10.2 Å². The van der Waals surface area contributed by atoms with Crippen LogP contribution in [0, 0.1) is 5.82 Å². The lowest BCUT2D eigenvalue weighted by atomic mass is 10.2. The monoisotopic (exact) mass is 214 g/mol. The first-order chi connectivity index (χ1) is 7.00. The van der Waals surface area contributed by atoms with Gasteiger partial charge in [-0.15, -0.1) is 0 Å². The summed E-state index contributed by atoms with van der Waals surface area (Å²) in [6, 6.07) is 3.67. The van der Waals surface area contributed by atoms with Crippen molar-refractivity contribution in [2.45, 2.75) is 0 Å². The molecule has 0 aliphatic rings. The molecule has 7 heteroatoms. The Kier molecular flexibility index (Phi) is 3.06. The number of anilines is 2. The minimum atomic E-state index is -1.43. The Morgan fingerprint density at radius 2 is 1.47 bits per heavy atom. The smallest absolute Gasteiger partial charge is 0.409 e. The molecule has 2 amide bonds. The van der Waals surface area contributed by atoms with Crippen LogP contribution >= 0.6 is 0 Å². The summed E-state index contributed by atoms with van der Waals surface area (Å²) >= 11 is 0. The number of hydrogen-bond acceptors (Lipinski definition) is 2. The lowest BCUT2D eigenvalue weighted by Gasteiger charge is -2.06. The van der Waals surface area contributed by atoms with Crippen molar-refractivity contribution in [2.75, 3.05) is 10.6 Å². The van der Waals surface area contributed by atoms with Gasteiger partial charge in [-0.05, 0) is 12.1 Å². The van der Waals surface area contributed by atoms with E-state index in [1.165, 1.54) is 18.2 Å². The maximum atomic E-state index is 13.3. The summed E-state index contributed by atoms with van der Waals surface area (Å²) in [4.78, 5) is 20.5. The van der Waals surface area contributed by atoms with Crippen LogP contribution in [0.3, 0.4) is 0 Å². The van der Waals surface area contributed by atoms with E-state index in [-0.39, 0.29) is 11.4 Å². The maximum absolute atomic E-state index is 13.3. The molecule has 0 fully saturated rings. The van der Waals surface area contributed by atoms with Crippen LogP contribution in [0.2, 0.25) is 0 Å². The SMILES string of the molecule is O=C(O)Nc1cccc(NC(=O)O)c1F. The highest BCUT2D eigenvalue weighted by atomic mass is 19.1. The standard InChI is InChI=1S/C8H7FN2O4/c9-6-4(10-7(12)13)2-1-3-5(6)11-8(14)15/h1-3,10-11H,(H,12,13)(H,14,15). The Labute approximate surface area is 83.3 Å². The first-order valence-electron chi connectivity index (χ1n) is 3.79. The molecule has 0 saturated heterocycles. The lowest BCUT2D eigenvalue weighted by molar-refractivity contribution is 0.208. The zero-order chi connectivity index (χ0) is 11.4. The minimum absolute atomic E-state index is 0.311. The maximum Gasteiger partial charge on any atom is 0.409 e. The number of benzene rings is 1. The van der Waals surface area contributed by atoms with Gasteiger partial charge in [-0.1, -0.05) is 6.07 Å². The van der Waals surface area contributed by atoms with Crippen LogP contribution in [-0.4, -0.2) is 22.4 Å². The number of halogens is 1. The number of nitrogens with one attached hydrogen (secondary N) is 2. The van der Waals surface area contributed by atoms with Gasteiger partial charge in [-0.2, -0.15) is 0 Å². The number of carboxylic acid groups (broad SMARTS) is 2. The van der Waals surface area contributed by atoms with Crippen molar-refractivity contribution in [3.05, 3.63) is 24.0 Å². The third-order valence-electron chi connectivity index (χ3n) is 1.48. The molecule has 1 aromatic rings. The summed E-state index contributed by atoms with van der Waals surface area (Å²) in [6.07, 6.45) is -2.86. The molecule has 0 radical (unpaired) electrons. The second-order valence-corrected chi connectivity index (χ2v) is 2.53. The van der Waals surface area contributed by atoms with Crippen LogP contribution in [0.4, 0.5) is 25.4 Å². The Morgan fingerprint density at radius 1 is 1.07 bits per heavy atom. The summed E-state index contributed by atoms with van der Waals surface area (Å²) in [7, 11) is 0. The molecule has 0 bridgehead atoms. The summed E-state index contributed by atoms with van der Waals surface area (Å²) in [5.74, 6) is -0.970. The Bertz CT molecular complexity index is 373. The van der Waals surface area contributed by atoms with Gasteiger partial charge in [0.25, 0.3) is 0 Å². The summed E-state index contributed by atoms with van der Waals surface area (Å²) < 4.78 is 13.3. The van der Waals surface area contributed by atoms with Gasteiger partial charge in [-0.3, -0.25) is 10.6 Å². The molecule has 0 unspecified atom stereocenters. The van der Waals surface area contributed by atoms with Crippen LogP contribution in [0.25, 0.3) is 0 Å². The third kappa shape index (κ3) is 2.83. The number of amides is 2. The van der Waals surface area contributed by atoms with E-state index in [2.05, 4.69) is 0 Å². The quantitative estimate of drug-likeness (QED) is 0.605. The van der Waals surface area contributed by atoms with E-state index in [0.29, 0.717) is 0 Å². The fraction of sp³-hybridized carbons (Fsp3) is 0. The first kappa shape index (κ1) is 10.8. The van der Waals surface area contributed by atoms with E-state index >= 15 is 0 Å². The third-order valence-corrected chi connectivity index (χ3v) is 1.48. The molecule has 4 N–H and O–H groups in total. The van der Waals surface area contributed by atoms with Crippen LogP contribution in [0.15, 0.2) is 18.2 Å². The number of carbonyl (C=O) groups is 2. The van der Waals surface area contributed by atoms with Crippen molar-refractivity contribution in [1.82, 2.24) is 0 Å². The van der Waals surface area contributed by atoms with E-state index in [9.17, 15) is 14.0 Å². The van der Waals surface area contributed by atoms with E-state index in [1.54, 1.807) is 10.6 Å². The van der Waals surface area contributed by atoms with Crippen molar-refractivity contribution >= 4 is 23.6 Å². The van der Waals surface area contributed by atoms with E-state index in [0.717, 1.165) is 0 Å². The zero-order valence-electron chi connectivity index (χ0n) is 7.32. The molecule has 0 aromatic heterocycles. The molecule has 1 aromatic carbocycles. The topological polar surface area (TPSA) is 98.7 Å². The minimum Gasteiger partial charge on any atom is -0.465 e. The van der Waals surface area contributed by atoms with Gasteiger partial charge < -0.3 is 10.2 Å². The largest absolute Gasteiger partial charge is 0.465 e. The van der Waals surface area contributed by atoms with Crippen molar-refractivity contribution in [2.24, 2.45) is 0 Å². The second-order valence-electron chi connectivity index (χ2n) is 2.53. The predicted octanol–water partition coefficient (Wildman–Crippen LogP) is 2.01. The molecular formula is C8H7FN2O4. The van der Waals surface area contributed by atoms with Crippen molar-refractivity contribution in [3.63, 3.8) is 0 Å². The molecule has 0 heterocycles. The Hall–Kier alpha value is -2.31. The van der Waals surface area contributed by atoms with Gasteiger partial charge in [0.2, 0.25) is 0 Å². The molecular weight excluding hydrogens is 207 g/mol. The van der Waals surface area contributed by atoms with Gasteiger partial charge >= 0.3 is 12.2 Å². The van der Waals surface area contributed by atoms with Crippen molar-refractivity contribution in [3.8, 4) is 0 Å². The fourth-order valence-corrected chi connectivity index (χ4v) is 0.955. The van der Waals surface area contributed by atoms with E-state index < -0.39 is 18.0 Å². The lowest BCUT2D eigenvalue weighted by Crippen LogP contribution is -2.12. The van der Waals surface area contributed by atoms with Crippen LogP contribution in [0.5, 0.6) is 0 Å².